The molecular formula is C36H65N7O7. The fraction of sp³-hybridized carbons (Fsp3) is 0.778. The second kappa shape index (κ2) is 20.2. The molecule has 1 aromatic rings. The molecule has 14 nitrogen and oxygen atoms in total. The Balaban J connectivity index is 3.12. The molecule has 0 radical (unpaired) electrons. The van der Waals surface area contributed by atoms with Crippen molar-refractivity contribution in [2.24, 2.45) is 29.6 Å². The number of ether oxygens (including phenoxy) is 1. The molecule has 5 amide bonds. The smallest absolute Gasteiger partial charge is 0.407 e. The van der Waals surface area contributed by atoms with Gasteiger partial charge in [-0.2, -0.15) is 5.10 Å². The molecule has 6 N–H and O–H groups in total. The highest BCUT2D eigenvalue weighted by Crippen LogP contribution is 2.17. The molecule has 0 unspecified atom stereocenters. The lowest BCUT2D eigenvalue weighted by Gasteiger charge is -2.30. The number of alkyl carbamates (subject to hydrolysis) is 1. The summed E-state index contributed by atoms with van der Waals surface area (Å²) in [5, 5.41) is 29.6. The quantitative estimate of drug-likeness (QED) is 0.126. The van der Waals surface area contributed by atoms with Gasteiger partial charge in [0.2, 0.25) is 23.6 Å². The minimum absolute atomic E-state index is 0.00872. The van der Waals surface area contributed by atoms with Crippen molar-refractivity contribution >= 4 is 29.7 Å². The van der Waals surface area contributed by atoms with Gasteiger partial charge in [0.1, 0.15) is 17.7 Å². The van der Waals surface area contributed by atoms with Crippen molar-refractivity contribution < 1.29 is 33.8 Å². The lowest BCUT2D eigenvalue weighted by atomic mass is 9.91. The zero-order valence-electron chi connectivity index (χ0n) is 32.6. The number of aliphatic hydroxyl groups is 1. The van der Waals surface area contributed by atoms with E-state index in [0.717, 1.165) is 11.4 Å². The van der Waals surface area contributed by atoms with E-state index in [0.29, 0.717) is 13.0 Å². The maximum Gasteiger partial charge on any atom is 0.407 e. The van der Waals surface area contributed by atoms with Crippen LogP contribution >= 0.6 is 0 Å². The Hall–Kier alpha value is -3.68. The van der Waals surface area contributed by atoms with Gasteiger partial charge in [-0.3, -0.25) is 23.9 Å². The fourth-order valence-corrected chi connectivity index (χ4v) is 5.21. The van der Waals surface area contributed by atoms with E-state index in [1.54, 1.807) is 39.3 Å². The van der Waals surface area contributed by atoms with Gasteiger partial charge in [-0.15, -0.1) is 0 Å². The highest BCUT2D eigenvalue weighted by Gasteiger charge is 2.32. The molecule has 0 saturated carbocycles. The first-order valence-electron chi connectivity index (χ1n) is 17.8. The number of aryl methyl sites for hydroxylation is 2. The number of nitrogens with one attached hydrogen (secondary N) is 5. The first kappa shape index (κ1) is 44.3. The van der Waals surface area contributed by atoms with Crippen LogP contribution in [0.2, 0.25) is 0 Å². The molecule has 50 heavy (non-hydrogen) atoms. The highest BCUT2D eigenvalue weighted by atomic mass is 16.6. The van der Waals surface area contributed by atoms with E-state index in [9.17, 15) is 29.1 Å². The number of carbonyl (C=O) groups excluding carboxylic acids is 5. The summed E-state index contributed by atoms with van der Waals surface area (Å²) in [5.41, 5.74) is 0.940. The summed E-state index contributed by atoms with van der Waals surface area (Å²) in [6, 6.07) is -0.806. The number of carbonyl (C=O) groups is 5. The second-order valence-electron chi connectivity index (χ2n) is 15.8. The predicted molar refractivity (Wildman–Crippen MR) is 193 cm³/mol. The van der Waals surface area contributed by atoms with Gasteiger partial charge in [-0.25, -0.2) is 4.79 Å². The summed E-state index contributed by atoms with van der Waals surface area (Å²) in [4.78, 5) is 65.6. The topological polar surface area (TPSA) is 193 Å². The molecule has 1 rings (SSSR count). The van der Waals surface area contributed by atoms with Gasteiger partial charge >= 0.3 is 6.09 Å². The van der Waals surface area contributed by atoms with Crippen LogP contribution in [0.1, 0.15) is 100 Å². The van der Waals surface area contributed by atoms with E-state index < -0.39 is 59.6 Å². The van der Waals surface area contributed by atoms with Crippen molar-refractivity contribution in [3.63, 3.8) is 0 Å². The lowest BCUT2D eigenvalue weighted by molar-refractivity contribution is -0.133. The molecule has 6 atom stereocenters. The van der Waals surface area contributed by atoms with E-state index in [1.165, 1.54) is 0 Å². The van der Waals surface area contributed by atoms with Crippen molar-refractivity contribution in [1.29, 1.82) is 0 Å². The van der Waals surface area contributed by atoms with Crippen molar-refractivity contribution in [2.45, 2.75) is 139 Å². The third kappa shape index (κ3) is 16.4. The first-order chi connectivity index (χ1) is 23.0. The SMILES string of the molecule is Cc1cc(C)n(C[C@@H](C)C(=O)N[C@@H](CNC(=O)OC(C)(C)C)C(=O)N[C@@H](CC(C)C)[C@@H](O)C[C@@H](C)C(=O)N[C@H](C(=O)NCC(C)C)C(C)C)n1. The fourth-order valence-electron chi connectivity index (χ4n) is 5.21. The van der Waals surface area contributed by atoms with Crippen LogP contribution in [0, 0.1) is 43.4 Å². The van der Waals surface area contributed by atoms with Crippen LogP contribution in [-0.4, -0.2) is 87.5 Å². The van der Waals surface area contributed by atoms with Crippen LogP contribution in [0.15, 0.2) is 6.07 Å². The zero-order chi connectivity index (χ0) is 38.5. The predicted octanol–water partition coefficient (Wildman–Crippen LogP) is 2.98. The van der Waals surface area contributed by atoms with Crippen LogP contribution in [0.4, 0.5) is 4.79 Å². The van der Waals surface area contributed by atoms with E-state index >= 15 is 0 Å². The van der Waals surface area contributed by atoms with Gasteiger partial charge in [0, 0.05) is 18.2 Å². The van der Waals surface area contributed by atoms with E-state index in [4.69, 9.17) is 4.74 Å². The van der Waals surface area contributed by atoms with Crippen molar-refractivity contribution in [1.82, 2.24) is 36.4 Å². The number of nitrogens with zero attached hydrogens (tertiary/aromatic N) is 2. The van der Waals surface area contributed by atoms with Gasteiger partial charge in [0.15, 0.2) is 0 Å². The van der Waals surface area contributed by atoms with Gasteiger partial charge < -0.3 is 36.4 Å². The van der Waals surface area contributed by atoms with Crippen molar-refractivity contribution in [3.05, 3.63) is 17.5 Å². The third-order valence-electron chi connectivity index (χ3n) is 7.97. The minimum Gasteiger partial charge on any atom is -0.444 e. The summed E-state index contributed by atoms with van der Waals surface area (Å²) in [7, 11) is 0. The molecule has 1 heterocycles. The molecule has 0 aliphatic rings. The Bertz CT molecular complexity index is 1270. The molecule has 1 aromatic heterocycles. The number of aromatic nitrogens is 2. The van der Waals surface area contributed by atoms with Crippen LogP contribution in [0.5, 0.6) is 0 Å². The summed E-state index contributed by atoms with van der Waals surface area (Å²) in [5.74, 6) is -2.79. The van der Waals surface area contributed by atoms with Crippen LogP contribution < -0.4 is 26.6 Å². The molecule has 0 aliphatic carbocycles. The monoisotopic (exact) mass is 707 g/mol. The zero-order valence-corrected chi connectivity index (χ0v) is 32.6. The molecular weight excluding hydrogens is 642 g/mol. The van der Waals surface area contributed by atoms with Gasteiger partial charge in [-0.1, -0.05) is 55.4 Å². The Kier molecular flexibility index (Phi) is 17.9. The summed E-state index contributed by atoms with van der Waals surface area (Å²) < 4.78 is 7.05. The molecule has 0 spiro atoms. The number of hydrogen-bond acceptors (Lipinski definition) is 8. The van der Waals surface area contributed by atoms with Crippen LogP contribution in [-0.2, 0) is 30.5 Å². The number of rotatable bonds is 19. The molecule has 0 saturated heterocycles. The Labute approximate surface area is 299 Å². The minimum atomic E-state index is -1.20. The Morgan fingerprint density at radius 2 is 1.38 bits per heavy atom. The van der Waals surface area contributed by atoms with Crippen LogP contribution in [0.25, 0.3) is 0 Å². The average molecular weight is 708 g/mol. The van der Waals surface area contributed by atoms with Crippen molar-refractivity contribution in [2.75, 3.05) is 13.1 Å². The van der Waals surface area contributed by atoms with E-state index in [2.05, 4.69) is 31.7 Å². The number of amides is 5. The highest BCUT2D eigenvalue weighted by molar-refractivity contribution is 5.90. The standard InChI is InChI=1S/C36H65N7O7/c1-20(2)14-27(29(44)15-23(7)31(45)41-30(22(5)6)34(48)37-17-21(3)4)39-33(47)28(18-38-35(49)50-36(11,12)13)40-32(46)24(8)19-43-26(10)16-25(9)42-43/h16,20-24,27-30,44H,14-15,17-19H2,1-13H3,(H,37,48)(H,38,49)(H,39,47)(H,40,46)(H,41,45)/t23-,24-,27+,28+,29+,30+/m1/s1. The van der Waals surface area contributed by atoms with Gasteiger partial charge in [0.25, 0.3) is 0 Å². The van der Waals surface area contributed by atoms with Gasteiger partial charge in [-0.05, 0) is 71.3 Å². The summed E-state index contributed by atoms with van der Waals surface area (Å²) in [6.45, 7) is 24.3. The van der Waals surface area contributed by atoms with Crippen molar-refractivity contribution in [3.8, 4) is 0 Å². The molecule has 0 fully saturated rings. The van der Waals surface area contributed by atoms with Gasteiger partial charge in [0.05, 0.1) is 36.8 Å². The first-order valence-corrected chi connectivity index (χ1v) is 17.8. The molecule has 0 aromatic carbocycles. The van der Waals surface area contributed by atoms with E-state index in [-0.39, 0.29) is 49.1 Å². The number of hydrogen-bond donors (Lipinski definition) is 6. The van der Waals surface area contributed by atoms with Crippen LogP contribution in [0.3, 0.4) is 0 Å². The molecule has 0 aliphatic heterocycles. The second-order valence-corrected chi connectivity index (χ2v) is 15.8. The Morgan fingerprint density at radius 3 is 1.88 bits per heavy atom. The summed E-state index contributed by atoms with van der Waals surface area (Å²) in [6.07, 6.45) is -1.50. The third-order valence-corrected chi connectivity index (χ3v) is 7.97. The lowest BCUT2D eigenvalue weighted by Crippen LogP contribution is -2.57. The normalized spacial score (nSPS) is 15.5. The largest absolute Gasteiger partial charge is 0.444 e. The summed E-state index contributed by atoms with van der Waals surface area (Å²) >= 11 is 0. The number of aliphatic hydroxyl groups excluding tert-OH is 1. The average Bonchev–Trinajstić information content (AvgIpc) is 3.29. The Morgan fingerprint density at radius 1 is 0.780 bits per heavy atom. The molecule has 14 heteroatoms. The maximum absolute atomic E-state index is 13.8. The molecule has 0 bridgehead atoms. The molecule has 286 valence electrons. The maximum atomic E-state index is 13.8. The van der Waals surface area contributed by atoms with E-state index in [1.807, 2.05) is 61.5 Å².